The number of aromatic nitrogens is 4. The molecule has 1 amide bonds. The van der Waals surface area contributed by atoms with Crippen LogP contribution in [0.5, 0.6) is 0 Å². The predicted molar refractivity (Wildman–Crippen MR) is 113 cm³/mol. The number of ether oxygens (including phenoxy) is 1. The summed E-state index contributed by atoms with van der Waals surface area (Å²) in [6.07, 6.45) is -0.873. The molecule has 12 heteroatoms. The standard InChI is InChI=1S/C22H20F4N6O2/c1-13(23)16-11-34-20(33)32(16)18-6-9-27-19(29-18)30-21(7-8-21)17-10-31(12-28-17)15-5-3-2-4-14(15)22(24,25)26/h2-6,9-10,12-13,16H,7-8,11H2,1H3,(H,27,29,30)/t13-,16+/m0/s1. The first-order chi connectivity index (χ1) is 16.2. The summed E-state index contributed by atoms with van der Waals surface area (Å²) >= 11 is 0. The van der Waals surface area contributed by atoms with Gasteiger partial charge in [-0.2, -0.15) is 18.2 Å². The molecule has 5 rings (SSSR count). The van der Waals surface area contributed by atoms with Gasteiger partial charge in [-0.15, -0.1) is 0 Å². The molecule has 2 fully saturated rings. The van der Waals surface area contributed by atoms with Crippen molar-refractivity contribution in [2.24, 2.45) is 0 Å². The van der Waals surface area contributed by atoms with Crippen molar-refractivity contribution in [1.82, 2.24) is 19.5 Å². The molecule has 0 bridgehead atoms. The summed E-state index contributed by atoms with van der Waals surface area (Å²) in [6.45, 7) is 1.26. The zero-order chi connectivity index (χ0) is 24.1. The third-order valence-corrected chi connectivity index (χ3v) is 5.99. The number of nitrogens with one attached hydrogen (secondary N) is 1. The summed E-state index contributed by atoms with van der Waals surface area (Å²) in [5, 5.41) is 3.19. The lowest BCUT2D eigenvalue weighted by molar-refractivity contribution is -0.137. The van der Waals surface area contributed by atoms with Crippen LogP contribution in [0.15, 0.2) is 49.1 Å². The number of alkyl halides is 4. The number of halogens is 4. The number of cyclic esters (lactones) is 1. The Morgan fingerprint density at radius 2 is 1.97 bits per heavy atom. The number of para-hydroxylation sites is 1. The van der Waals surface area contributed by atoms with Gasteiger partial charge in [-0.05, 0) is 38.0 Å². The van der Waals surface area contributed by atoms with E-state index in [4.69, 9.17) is 4.74 Å². The van der Waals surface area contributed by atoms with Crippen LogP contribution in [0.3, 0.4) is 0 Å². The second kappa shape index (κ2) is 7.96. The van der Waals surface area contributed by atoms with Crippen LogP contribution in [-0.4, -0.2) is 44.4 Å². The lowest BCUT2D eigenvalue weighted by atomic mass is 10.1. The molecule has 8 nitrogen and oxygen atoms in total. The van der Waals surface area contributed by atoms with Crippen molar-refractivity contribution in [2.45, 2.75) is 43.7 Å². The molecule has 1 saturated carbocycles. The summed E-state index contributed by atoms with van der Waals surface area (Å²) in [5.41, 5.74) is -0.909. The summed E-state index contributed by atoms with van der Waals surface area (Å²) in [7, 11) is 0. The second-order valence-electron chi connectivity index (χ2n) is 8.32. The van der Waals surface area contributed by atoms with Crippen LogP contribution >= 0.6 is 0 Å². The molecule has 1 aliphatic heterocycles. The van der Waals surface area contributed by atoms with Crippen LogP contribution in [0.25, 0.3) is 5.69 Å². The summed E-state index contributed by atoms with van der Waals surface area (Å²) in [5.74, 6) is 0.375. The Bertz CT molecular complexity index is 1220. The van der Waals surface area contributed by atoms with E-state index in [-0.39, 0.29) is 24.1 Å². The molecule has 3 aromatic rings. The van der Waals surface area contributed by atoms with Crippen LogP contribution in [-0.2, 0) is 16.5 Å². The Labute approximate surface area is 191 Å². The number of rotatable bonds is 6. The van der Waals surface area contributed by atoms with E-state index in [1.54, 1.807) is 6.20 Å². The van der Waals surface area contributed by atoms with Gasteiger partial charge in [0.15, 0.2) is 0 Å². The molecule has 1 aromatic carbocycles. The summed E-state index contributed by atoms with van der Waals surface area (Å²) < 4.78 is 60.5. The van der Waals surface area contributed by atoms with Crippen molar-refractivity contribution in [2.75, 3.05) is 16.8 Å². The van der Waals surface area contributed by atoms with Crippen LogP contribution in [0.1, 0.15) is 31.0 Å². The Morgan fingerprint density at radius 3 is 2.68 bits per heavy atom. The monoisotopic (exact) mass is 476 g/mol. The Hall–Kier alpha value is -3.70. The van der Waals surface area contributed by atoms with Crippen molar-refractivity contribution in [3.05, 3.63) is 60.3 Å². The van der Waals surface area contributed by atoms with Gasteiger partial charge in [-0.1, -0.05) is 12.1 Å². The Balaban J connectivity index is 1.40. The van der Waals surface area contributed by atoms with Gasteiger partial charge in [0.05, 0.1) is 28.8 Å². The molecule has 0 radical (unpaired) electrons. The van der Waals surface area contributed by atoms with Crippen LogP contribution < -0.4 is 10.2 Å². The SMILES string of the molecule is C[C@H](F)[C@H]1COC(=O)N1c1ccnc(NC2(c3cn(-c4ccccc4C(F)(F)F)cn3)CC2)n1. The van der Waals surface area contributed by atoms with Gasteiger partial charge in [0, 0.05) is 12.4 Å². The van der Waals surface area contributed by atoms with E-state index in [9.17, 15) is 22.4 Å². The first-order valence-electron chi connectivity index (χ1n) is 10.6. The average molecular weight is 476 g/mol. The molecule has 1 saturated heterocycles. The summed E-state index contributed by atoms with van der Waals surface area (Å²) in [6, 6.07) is 5.95. The predicted octanol–water partition coefficient (Wildman–Crippen LogP) is 4.47. The maximum Gasteiger partial charge on any atom is 0.418 e. The van der Waals surface area contributed by atoms with Crippen molar-refractivity contribution < 1.29 is 27.1 Å². The Morgan fingerprint density at radius 1 is 1.21 bits per heavy atom. The highest BCUT2D eigenvalue weighted by atomic mass is 19.4. The first-order valence-corrected chi connectivity index (χ1v) is 10.6. The number of anilines is 2. The van der Waals surface area contributed by atoms with E-state index in [0.29, 0.717) is 18.5 Å². The number of benzene rings is 1. The molecule has 34 heavy (non-hydrogen) atoms. The van der Waals surface area contributed by atoms with E-state index in [2.05, 4.69) is 20.3 Å². The molecular weight excluding hydrogens is 456 g/mol. The normalized spacial score (nSPS) is 20.2. The van der Waals surface area contributed by atoms with Gasteiger partial charge >= 0.3 is 12.3 Å². The van der Waals surface area contributed by atoms with Crippen molar-refractivity contribution in [3.63, 3.8) is 0 Å². The fraction of sp³-hybridized carbons (Fsp3) is 0.364. The number of imidazole rings is 1. The molecule has 0 unspecified atom stereocenters. The molecule has 1 N–H and O–H groups in total. The molecule has 2 aromatic heterocycles. The summed E-state index contributed by atoms with van der Waals surface area (Å²) in [4.78, 5) is 26.2. The smallest absolute Gasteiger partial charge is 0.418 e. The topological polar surface area (TPSA) is 85.2 Å². The van der Waals surface area contributed by atoms with Gasteiger partial charge in [-0.3, -0.25) is 4.90 Å². The van der Waals surface area contributed by atoms with Crippen molar-refractivity contribution >= 4 is 17.9 Å². The second-order valence-corrected chi connectivity index (χ2v) is 8.32. The molecular formula is C22H20F4N6O2. The Kier molecular flexibility index (Phi) is 5.18. The molecule has 1 aliphatic carbocycles. The number of carbonyl (C=O) groups is 1. The largest absolute Gasteiger partial charge is 0.447 e. The van der Waals surface area contributed by atoms with Crippen molar-refractivity contribution in [3.8, 4) is 5.69 Å². The molecule has 178 valence electrons. The van der Waals surface area contributed by atoms with Crippen molar-refractivity contribution in [1.29, 1.82) is 0 Å². The number of carbonyl (C=O) groups excluding carboxylic acids is 1. The minimum Gasteiger partial charge on any atom is -0.447 e. The molecule has 2 aliphatic rings. The van der Waals surface area contributed by atoms with Crippen LogP contribution in [0.2, 0.25) is 0 Å². The number of hydrogen-bond donors (Lipinski definition) is 1. The van der Waals surface area contributed by atoms with E-state index in [0.717, 1.165) is 11.0 Å². The molecule has 2 atom stereocenters. The number of amides is 1. The van der Waals surface area contributed by atoms with Gasteiger partial charge in [0.2, 0.25) is 5.95 Å². The zero-order valence-electron chi connectivity index (χ0n) is 18.0. The van der Waals surface area contributed by atoms with Crippen LogP contribution in [0, 0.1) is 0 Å². The highest BCUT2D eigenvalue weighted by molar-refractivity contribution is 5.89. The maximum absolute atomic E-state index is 13.9. The first kappa shape index (κ1) is 22.1. The van der Waals surface area contributed by atoms with Gasteiger partial charge in [-0.25, -0.2) is 19.2 Å². The van der Waals surface area contributed by atoms with Gasteiger partial charge in [0.25, 0.3) is 0 Å². The fourth-order valence-corrected chi connectivity index (χ4v) is 4.01. The van der Waals surface area contributed by atoms with Gasteiger partial charge < -0.3 is 14.6 Å². The van der Waals surface area contributed by atoms with E-state index in [1.807, 2.05) is 0 Å². The maximum atomic E-state index is 13.9. The minimum absolute atomic E-state index is 0.0262. The molecule has 3 heterocycles. The van der Waals surface area contributed by atoms with Gasteiger partial charge in [0.1, 0.15) is 24.6 Å². The van der Waals surface area contributed by atoms with E-state index >= 15 is 0 Å². The van der Waals surface area contributed by atoms with E-state index in [1.165, 1.54) is 48.3 Å². The lowest BCUT2D eigenvalue weighted by Gasteiger charge is -2.22. The highest BCUT2D eigenvalue weighted by Crippen LogP contribution is 2.47. The minimum atomic E-state index is -4.50. The highest BCUT2D eigenvalue weighted by Gasteiger charge is 2.47. The third kappa shape index (κ3) is 3.93. The number of hydrogen-bond acceptors (Lipinski definition) is 6. The lowest BCUT2D eigenvalue weighted by Crippen LogP contribution is -2.39. The number of nitrogens with zero attached hydrogens (tertiary/aromatic N) is 5. The van der Waals surface area contributed by atoms with Crippen LogP contribution in [0.4, 0.5) is 34.1 Å². The fourth-order valence-electron chi connectivity index (χ4n) is 4.01. The average Bonchev–Trinajstić information content (AvgIpc) is 3.21. The quantitative estimate of drug-likeness (QED) is 0.529. The zero-order valence-corrected chi connectivity index (χ0v) is 18.0. The van der Waals surface area contributed by atoms with E-state index < -0.39 is 35.6 Å². The molecule has 0 spiro atoms. The third-order valence-electron chi connectivity index (χ3n) is 5.99.